The normalized spacial score (nSPS) is 13.6. The van der Waals surface area contributed by atoms with Gasteiger partial charge in [-0.05, 0) is 62.4 Å². The smallest absolute Gasteiger partial charge is 0.347 e. The molecule has 8 heteroatoms. The number of rotatable bonds is 5. The minimum Gasteiger partial charge on any atom is -0.457 e. The van der Waals surface area contributed by atoms with Gasteiger partial charge in [-0.25, -0.2) is 19.2 Å². The minimum atomic E-state index is -0.801. The van der Waals surface area contributed by atoms with Gasteiger partial charge in [0.25, 0.3) is 0 Å². The maximum absolute atomic E-state index is 12.4. The first-order valence-electron chi connectivity index (χ1n) is 11.7. The number of ether oxygens (including phenoxy) is 4. The second-order valence-electron chi connectivity index (χ2n) is 8.97. The molecule has 4 aromatic rings. The number of esters is 4. The molecule has 0 saturated heterocycles. The number of aryl methyl sites for hydroxylation is 2. The molecule has 0 aliphatic carbocycles. The van der Waals surface area contributed by atoms with Crippen LogP contribution >= 0.6 is 0 Å². The van der Waals surface area contributed by atoms with Crippen molar-refractivity contribution in [3.8, 4) is 34.1 Å². The van der Waals surface area contributed by atoms with Crippen molar-refractivity contribution in [1.29, 1.82) is 0 Å². The van der Waals surface area contributed by atoms with Crippen LogP contribution in [0.1, 0.15) is 52.6 Å². The van der Waals surface area contributed by atoms with Gasteiger partial charge in [-0.3, -0.25) is 0 Å². The SMILES string of the molecule is Cc1ccc(Oc2cc3c(cc2-c2cc4c(cc2Oc2ccc(C)cc2)C(=O)OC4=O)C(=O)OC3=O)cc1. The van der Waals surface area contributed by atoms with Crippen LogP contribution in [0.2, 0.25) is 0 Å². The van der Waals surface area contributed by atoms with E-state index >= 15 is 0 Å². The fourth-order valence-electron chi connectivity index (χ4n) is 4.28. The lowest BCUT2D eigenvalue weighted by Gasteiger charge is -2.17. The van der Waals surface area contributed by atoms with Crippen LogP contribution in [0.15, 0.2) is 72.8 Å². The molecule has 0 amide bonds. The number of carbonyl (C=O) groups is 4. The highest BCUT2D eigenvalue weighted by Crippen LogP contribution is 2.45. The molecule has 0 spiro atoms. The van der Waals surface area contributed by atoms with Crippen LogP contribution in [0.5, 0.6) is 23.0 Å². The largest absolute Gasteiger partial charge is 0.457 e. The zero-order valence-electron chi connectivity index (χ0n) is 20.2. The Morgan fingerprint density at radius 1 is 0.447 bits per heavy atom. The number of carbonyl (C=O) groups excluding carboxylic acids is 4. The number of benzene rings is 4. The first-order valence-corrected chi connectivity index (χ1v) is 11.7. The van der Waals surface area contributed by atoms with Crippen molar-refractivity contribution in [2.75, 3.05) is 0 Å². The van der Waals surface area contributed by atoms with Crippen molar-refractivity contribution in [1.82, 2.24) is 0 Å². The predicted molar refractivity (Wildman–Crippen MR) is 134 cm³/mol. The Hall–Kier alpha value is -5.24. The molecule has 2 aliphatic heterocycles. The summed E-state index contributed by atoms with van der Waals surface area (Å²) in [6, 6.07) is 20.3. The third-order valence-electron chi connectivity index (χ3n) is 6.28. The van der Waals surface area contributed by atoms with Gasteiger partial charge in [0.2, 0.25) is 0 Å². The summed E-state index contributed by atoms with van der Waals surface area (Å²) in [5.41, 5.74) is 2.92. The molecule has 6 rings (SSSR count). The van der Waals surface area contributed by atoms with E-state index in [0.717, 1.165) is 11.1 Å². The fraction of sp³-hybridized carbons (Fsp3) is 0.0667. The van der Waals surface area contributed by atoms with Gasteiger partial charge in [0.05, 0.1) is 22.3 Å². The lowest BCUT2D eigenvalue weighted by Crippen LogP contribution is -2.00. The molecule has 8 nitrogen and oxygen atoms in total. The van der Waals surface area contributed by atoms with Gasteiger partial charge in [-0.1, -0.05) is 35.4 Å². The highest BCUT2D eigenvalue weighted by molar-refractivity contribution is 6.17. The number of fused-ring (bicyclic) bond motifs is 2. The van der Waals surface area contributed by atoms with Crippen molar-refractivity contribution in [3.05, 3.63) is 106 Å². The molecule has 0 aromatic heterocycles. The van der Waals surface area contributed by atoms with E-state index in [2.05, 4.69) is 0 Å². The van der Waals surface area contributed by atoms with Crippen molar-refractivity contribution in [2.24, 2.45) is 0 Å². The summed E-state index contributed by atoms with van der Waals surface area (Å²) in [5, 5.41) is 0. The third kappa shape index (κ3) is 3.98. The molecule has 0 fully saturated rings. The highest BCUT2D eigenvalue weighted by atomic mass is 16.6. The minimum absolute atomic E-state index is 0.0432. The molecule has 0 N–H and O–H groups in total. The van der Waals surface area contributed by atoms with Crippen molar-refractivity contribution < 1.29 is 38.1 Å². The van der Waals surface area contributed by atoms with Gasteiger partial charge in [0.1, 0.15) is 23.0 Å². The topological polar surface area (TPSA) is 105 Å². The maximum Gasteiger partial charge on any atom is 0.347 e. The maximum atomic E-state index is 12.4. The zero-order valence-corrected chi connectivity index (χ0v) is 20.2. The molecule has 0 saturated carbocycles. The molecule has 4 aromatic carbocycles. The summed E-state index contributed by atoms with van der Waals surface area (Å²) in [5.74, 6) is -1.79. The van der Waals surface area contributed by atoms with Crippen LogP contribution in [0.25, 0.3) is 11.1 Å². The Bertz CT molecular complexity index is 1550. The quantitative estimate of drug-likeness (QED) is 0.234. The molecule has 0 unspecified atom stereocenters. The molecule has 2 aliphatic rings. The van der Waals surface area contributed by atoms with Gasteiger partial charge in [-0.15, -0.1) is 0 Å². The van der Waals surface area contributed by atoms with Gasteiger partial charge >= 0.3 is 23.9 Å². The Kier molecular flexibility index (Phi) is 5.31. The lowest BCUT2D eigenvalue weighted by atomic mass is 9.95. The monoisotopic (exact) mass is 506 g/mol. The average Bonchev–Trinajstić information content (AvgIpc) is 3.33. The van der Waals surface area contributed by atoms with Crippen molar-refractivity contribution in [3.63, 3.8) is 0 Å². The van der Waals surface area contributed by atoms with E-state index in [4.69, 9.17) is 18.9 Å². The summed E-state index contributed by atoms with van der Waals surface area (Å²) in [6.07, 6.45) is 0. The Labute approximate surface area is 216 Å². The summed E-state index contributed by atoms with van der Waals surface area (Å²) < 4.78 is 21.9. The first-order chi connectivity index (χ1) is 18.3. The summed E-state index contributed by atoms with van der Waals surface area (Å²) in [6.45, 7) is 3.87. The van der Waals surface area contributed by atoms with E-state index < -0.39 is 23.9 Å². The molecule has 0 bridgehead atoms. The van der Waals surface area contributed by atoms with Crippen molar-refractivity contribution >= 4 is 23.9 Å². The molecular weight excluding hydrogens is 488 g/mol. The van der Waals surface area contributed by atoms with Crippen LogP contribution < -0.4 is 9.47 Å². The summed E-state index contributed by atoms with van der Waals surface area (Å²) in [4.78, 5) is 49.5. The molecule has 0 atom stereocenters. The molecule has 186 valence electrons. The Morgan fingerprint density at radius 2 is 0.763 bits per heavy atom. The second-order valence-corrected chi connectivity index (χ2v) is 8.97. The zero-order chi connectivity index (χ0) is 26.6. The Balaban J connectivity index is 1.57. The lowest BCUT2D eigenvalue weighted by molar-refractivity contribution is 0.0425. The van der Waals surface area contributed by atoms with E-state index in [0.29, 0.717) is 22.6 Å². The van der Waals surface area contributed by atoms with Crippen LogP contribution in [0.4, 0.5) is 0 Å². The van der Waals surface area contributed by atoms with Crippen LogP contribution in [-0.2, 0) is 9.47 Å². The molecular formula is C30H18O8. The molecule has 2 heterocycles. The summed E-state index contributed by atoms with van der Waals surface area (Å²) >= 11 is 0. The van der Waals surface area contributed by atoms with Gasteiger partial charge in [-0.2, -0.15) is 0 Å². The van der Waals surface area contributed by atoms with Gasteiger partial charge in [0.15, 0.2) is 0 Å². The standard InChI is InChI=1S/C30H18O8/c1-15-3-7-17(8-4-15)35-25-13-23-21(27(31)37-29(23)33)11-19(25)20-12-22-24(30(34)38-28(22)32)14-26(20)36-18-9-5-16(2)6-10-18/h3-14H,1-2H3. The fourth-order valence-corrected chi connectivity index (χ4v) is 4.28. The van der Waals surface area contributed by atoms with Crippen LogP contribution in [-0.4, -0.2) is 23.9 Å². The number of hydrogen-bond donors (Lipinski definition) is 0. The number of hydrogen-bond acceptors (Lipinski definition) is 8. The van der Waals surface area contributed by atoms with E-state index in [1.54, 1.807) is 24.3 Å². The van der Waals surface area contributed by atoms with E-state index in [-0.39, 0.29) is 33.8 Å². The van der Waals surface area contributed by atoms with Crippen LogP contribution in [0, 0.1) is 13.8 Å². The van der Waals surface area contributed by atoms with Crippen LogP contribution in [0.3, 0.4) is 0 Å². The van der Waals surface area contributed by atoms with E-state index in [1.807, 2.05) is 38.1 Å². The van der Waals surface area contributed by atoms with Gasteiger partial charge in [0, 0.05) is 11.1 Å². The first kappa shape index (κ1) is 23.2. The Morgan fingerprint density at radius 3 is 1.11 bits per heavy atom. The summed E-state index contributed by atoms with van der Waals surface area (Å²) in [7, 11) is 0. The van der Waals surface area contributed by atoms with E-state index in [1.165, 1.54) is 24.3 Å². The third-order valence-corrected chi connectivity index (χ3v) is 6.28. The van der Waals surface area contributed by atoms with Crippen molar-refractivity contribution in [2.45, 2.75) is 13.8 Å². The highest BCUT2D eigenvalue weighted by Gasteiger charge is 2.35. The number of cyclic esters (lactones) is 4. The average molecular weight is 506 g/mol. The van der Waals surface area contributed by atoms with E-state index in [9.17, 15) is 19.2 Å². The molecule has 0 radical (unpaired) electrons. The molecule has 38 heavy (non-hydrogen) atoms. The second kappa shape index (κ2) is 8.70. The van der Waals surface area contributed by atoms with Gasteiger partial charge < -0.3 is 18.9 Å². The predicted octanol–water partition coefficient (Wildman–Crippen LogP) is 6.18.